The maximum Gasteiger partial charge on any atom is 0.323 e. The molecule has 7 nitrogen and oxygen atoms in total. The topological polar surface area (TPSA) is 102 Å². The lowest BCUT2D eigenvalue weighted by Gasteiger charge is -2.31. The quantitative estimate of drug-likeness (QED) is 0.610. The summed E-state index contributed by atoms with van der Waals surface area (Å²) in [4.78, 5) is 24.0. The third-order valence-corrected chi connectivity index (χ3v) is 3.95. The van der Waals surface area contributed by atoms with E-state index in [1.165, 1.54) is 0 Å². The second-order valence-corrected chi connectivity index (χ2v) is 5.48. The van der Waals surface area contributed by atoms with Crippen molar-refractivity contribution in [3.63, 3.8) is 0 Å². The Morgan fingerprint density at radius 3 is 2.84 bits per heavy atom. The van der Waals surface area contributed by atoms with E-state index in [1.807, 2.05) is 0 Å². The molecule has 2 saturated heterocycles. The Labute approximate surface area is 110 Å². The zero-order valence-corrected chi connectivity index (χ0v) is 10.5. The van der Waals surface area contributed by atoms with Crippen molar-refractivity contribution in [2.24, 2.45) is 11.7 Å². The Kier molecular flexibility index (Phi) is 3.20. The van der Waals surface area contributed by atoms with E-state index >= 15 is 0 Å². The maximum atomic E-state index is 11.3. The molecule has 0 aromatic carbocycles. The number of amides is 1. The van der Waals surface area contributed by atoms with E-state index in [2.05, 4.69) is 0 Å². The molecule has 1 saturated carbocycles. The highest BCUT2D eigenvalue weighted by molar-refractivity contribution is 5.83. The van der Waals surface area contributed by atoms with Gasteiger partial charge >= 0.3 is 5.97 Å². The number of carbonyl (C=O) groups excluding carboxylic acids is 1. The van der Waals surface area contributed by atoms with Crippen LogP contribution in [-0.4, -0.2) is 59.5 Å². The minimum Gasteiger partial charge on any atom is -0.480 e. The third kappa shape index (κ3) is 2.45. The SMILES string of the molecule is N[C@H](C(=O)O)[C@@H](OCC1CC1)[C@H]1CN2C(=O)C[C@@H]2O1. The Balaban J connectivity index is 1.63. The molecule has 0 bridgehead atoms. The first-order valence-corrected chi connectivity index (χ1v) is 6.61. The van der Waals surface area contributed by atoms with Gasteiger partial charge in [0.25, 0.3) is 0 Å². The Morgan fingerprint density at radius 2 is 2.32 bits per heavy atom. The molecule has 2 heterocycles. The number of nitrogens with zero attached hydrogens (tertiary/aromatic N) is 1. The number of fused-ring (bicyclic) bond motifs is 1. The van der Waals surface area contributed by atoms with E-state index in [1.54, 1.807) is 4.90 Å². The average Bonchev–Trinajstić information content (AvgIpc) is 3.12. The van der Waals surface area contributed by atoms with Gasteiger partial charge in [0.1, 0.15) is 24.5 Å². The van der Waals surface area contributed by atoms with E-state index in [0.717, 1.165) is 12.8 Å². The van der Waals surface area contributed by atoms with Crippen LogP contribution >= 0.6 is 0 Å². The van der Waals surface area contributed by atoms with Gasteiger partial charge in [0, 0.05) is 6.61 Å². The van der Waals surface area contributed by atoms with Crippen molar-refractivity contribution in [1.29, 1.82) is 0 Å². The lowest BCUT2D eigenvalue weighted by Crippen LogP contribution is -2.51. The molecule has 106 valence electrons. The molecule has 3 aliphatic rings. The standard InChI is InChI=1S/C12H18N2O5/c13-10(12(16)17)11(18-5-6-1-2-6)7-4-14-8(15)3-9(14)19-7/h6-7,9-11H,1-5,13H2,(H,16,17)/t7-,9+,10+,11+/m1/s1. The van der Waals surface area contributed by atoms with E-state index in [0.29, 0.717) is 25.5 Å². The Hall–Kier alpha value is -1.18. The number of β-lactam (4-membered cyclic amide) rings is 1. The summed E-state index contributed by atoms with van der Waals surface area (Å²) >= 11 is 0. The molecule has 0 aromatic rings. The van der Waals surface area contributed by atoms with E-state index in [-0.39, 0.29) is 12.1 Å². The van der Waals surface area contributed by atoms with Gasteiger partial charge in [-0.05, 0) is 18.8 Å². The van der Waals surface area contributed by atoms with Crippen molar-refractivity contribution < 1.29 is 24.2 Å². The van der Waals surface area contributed by atoms with Crippen molar-refractivity contribution in [3.8, 4) is 0 Å². The van der Waals surface area contributed by atoms with Gasteiger partial charge in [0.05, 0.1) is 13.0 Å². The minimum absolute atomic E-state index is 0.0392. The number of nitrogens with two attached hydrogens (primary N) is 1. The van der Waals surface area contributed by atoms with Crippen LogP contribution in [0.3, 0.4) is 0 Å². The summed E-state index contributed by atoms with van der Waals surface area (Å²) in [6.45, 7) is 0.893. The van der Waals surface area contributed by atoms with Crippen molar-refractivity contribution in [1.82, 2.24) is 4.90 Å². The molecule has 0 aromatic heterocycles. The largest absolute Gasteiger partial charge is 0.480 e. The zero-order chi connectivity index (χ0) is 13.6. The first-order valence-electron chi connectivity index (χ1n) is 6.61. The number of carboxylic acid groups (broad SMARTS) is 1. The van der Waals surface area contributed by atoms with Crippen LogP contribution in [0.2, 0.25) is 0 Å². The molecule has 0 radical (unpaired) electrons. The molecule has 1 amide bonds. The predicted molar refractivity (Wildman–Crippen MR) is 63.1 cm³/mol. The van der Waals surface area contributed by atoms with Crippen LogP contribution in [0.1, 0.15) is 19.3 Å². The van der Waals surface area contributed by atoms with Crippen LogP contribution in [0.4, 0.5) is 0 Å². The molecule has 2 aliphatic heterocycles. The average molecular weight is 270 g/mol. The minimum atomic E-state index is -1.13. The highest BCUT2D eigenvalue weighted by Gasteiger charge is 2.49. The predicted octanol–water partition coefficient (Wildman–Crippen LogP) is -0.849. The van der Waals surface area contributed by atoms with Crippen molar-refractivity contribution in [3.05, 3.63) is 0 Å². The van der Waals surface area contributed by atoms with Gasteiger partial charge in [-0.25, -0.2) is 0 Å². The number of aliphatic carboxylic acids is 1. The molecule has 3 N–H and O–H groups in total. The number of carboxylic acids is 1. The number of ether oxygens (including phenoxy) is 2. The molecule has 0 spiro atoms. The van der Waals surface area contributed by atoms with Gasteiger partial charge in [-0.2, -0.15) is 0 Å². The summed E-state index contributed by atoms with van der Waals surface area (Å²) < 4.78 is 11.3. The highest BCUT2D eigenvalue weighted by Crippen LogP contribution is 2.33. The molecule has 3 fully saturated rings. The van der Waals surface area contributed by atoms with Crippen molar-refractivity contribution in [2.45, 2.75) is 43.7 Å². The fraction of sp³-hybridized carbons (Fsp3) is 0.833. The van der Waals surface area contributed by atoms with Gasteiger partial charge in [0.15, 0.2) is 0 Å². The first kappa shape index (κ1) is 12.8. The Morgan fingerprint density at radius 1 is 1.58 bits per heavy atom. The lowest BCUT2D eigenvalue weighted by atomic mass is 10.1. The van der Waals surface area contributed by atoms with Crippen LogP contribution in [0.25, 0.3) is 0 Å². The number of carbonyl (C=O) groups is 2. The molecule has 7 heteroatoms. The summed E-state index contributed by atoms with van der Waals surface area (Å²) in [5.41, 5.74) is 5.69. The van der Waals surface area contributed by atoms with Crippen LogP contribution in [-0.2, 0) is 19.1 Å². The van der Waals surface area contributed by atoms with Crippen LogP contribution < -0.4 is 5.73 Å². The molecular weight excluding hydrogens is 252 g/mol. The number of hydrogen-bond acceptors (Lipinski definition) is 5. The fourth-order valence-electron chi connectivity index (χ4n) is 2.50. The molecule has 0 unspecified atom stereocenters. The van der Waals surface area contributed by atoms with Crippen molar-refractivity contribution in [2.75, 3.05) is 13.2 Å². The summed E-state index contributed by atoms with van der Waals surface area (Å²) in [5, 5.41) is 9.05. The van der Waals surface area contributed by atoms with Gasteiger partial charge < -0.3 is 25.2 Å². The van der Waals surface area contributed by atoms with Gasteiger partial charge in [-0.1, -0.05) is 0 Å². The van der Waals surface area contributed by atoms with Crippen LogP contribution in [0.5, 0.6) is 0 Å². The molecule has 1 aliphatic carbocycles. The maximum absolute atomic E-state index is 11.3. The summed E-state index contributed by atoms with van der Waals surface area (Å²) in [6, 6.07) is -1.13. The second-order valence-electron chi connectivity index (χ2n) is 5.48. The van der Waals surface area contributed by atoms with Crippen LogP contribution in [0.15, 0.2) is 0 Å². The fourth-order valence-corrected chi connectivity index (χ4v) is 2.50. The zero-order valence-electron chi connectivity index (χ0n) is 10.5. The number of rotatable bonds is 6. The molecule has 3 rings (SSSR count). The number of hydrogen-bond donors (Lipinski definition) is 2. The monoisotopic (exact) mass is 270 g/mol. The van der Waals surface area contributed by atoms with Gasteiger partial charge in [-0.15, -0.1) is 0 Å². The Bertz CT molecular complexity index is 398. The van der Waals surface area contributed by atoms with Gasteiger partial charge in [0.2, 0.25) is 5.91 Å². The second kappa shape index (κ2) is 4.73. The molecular formula is C12H18N2O5. The summed E-state index contributed by atoms with van der Waals surface area (Å²) in [7, 11) is 0. The lowest BCUT2D eigenvalue weighted by molar-refractivity contribution is -0.162. The smallest absolute Gasteiger partial charge is 0.323 e. The van der Waals surface area contributed by atoms with Gasteiger partial charge in [-0.3, -0.25) is 9.59 Å². The molecule has 4 atom stereocenters. The summed E-state index contributed by atoms with van der Waals surface area (Å²) in [5.74, 6) is -0.550. The van der Waals surface area contributed by atoms with Crippen LogP contribution in [0, 0.1) is 5.92 Å². The molecule has 19 heavy (non-hydrogen) atoms. The van der Waals surface area contributed by atoms with E-state index in [4.69, 9.17) is 20.3 Å². The van der Waals surface area contributed by atoms with E-state index in [9.17, 15) is 9.59 Å². The first-order chi connectivity index (χ1) is 9.06. The normalized spacial score (nSPS) is 32.7. The highest BCUT2D eigenvalue weighted by atomic mass is 16.6. The van der Waals surface area contributed by atoms with E-state index < -0.39 is 24.2 Å². The third-order valence-electron chi connectivity index (χ3n) is 3.95. The van der Waals surface area contributed by atoms with Crippen molar-refractivity contribution >= 4 is 11.9 Å². The summed E-state index contributed by atoms with van der Waals surface area (Å²) in [6.07, 6.45) is 1.25.